The number of rotatable bonds is 6. The van der Waals surface area contributed by atoms with Gasteiger partial charge in [0.25, 0.3) is 0 Å². The number of nitrogens with one attached hydrogen (secondary N) is 1. The third-order valence-electron chi connectivity index (χ3n) is 5.41. The van der Waals surface area contributed by atoms with Crippen LogP contribution >= 0.6 is 0 Å². The van der Waals surface area contributed by atoms with Crippen molar-refractivity contribution in [3.05, 3.63) is 18.2 Å². The van der Waals surface area contributed by atoms with E-state index in [1.54, 1.807) is 25.2 Å². The molecular formula is C19H28N2O4. The van der Waals surface area contributed by atoms with Crippen molar-refractivity contribution in [2.45, 2.75) is 44.2 Å². The standard InChI is InChI=1S/C19H28N2O4/c1-24-15-9-14(10-16(11-15)25-2)21-8-7-18(19(21)23)20-17-6-4-3-5-13(17)12-22/h9-11,13,17-18,20,22H,3-8,12H2,1-2H3/t13-,17+,18-/m0/s1. The number of amides is 1. The van der Waals surface area contributed by atoms with Gasteiger partial charge in [-0.25, -0.2) is 0 Å². The van der Waals surface area contributed by atoms with Crippen molar-refractivity contribution >= 4 is 11.6 Å². The molecule has 3 atom stereocenters. The zero-order valence-electron chi connectivity index (χ0n) is 15.0. The van der Waals surface area contributed by atoms with Crippen molar-refractivity contribution in [2.75, 3.05) is 32.3 Å². The predicted octanol–water partition coefficient (Wildman–Crippen LogP) is 1.95. The third kappa shape index (κ3) is 3.90. The van der Waals surface area contributed by atoms with Crippen molar-refractivity contribution in [2.24, 2.45) is 5.92 Å². The Kier molecular flexibility index (Phi) is 5.81. The molecule has 1 saturated heterocycles. The number of hydrogen-bond acceptors (Lipinski definition) is 5. The van der Waals surface area contributed by atoms with E-state index in [0.717, 1.165) is 37.8 Å². The number of carbonyl (C=O) groups is 1. The minimum absolute atomic E-state index is 0.0811. The van der Waals surface area contributed by atoms with E-state index in [-0.39, 0.29) is 30.5 Å². The van der Waals surface area contributed by atoms with Crippen molar-refractivity contribution in [3.8, 4) is 11.5 Å². The van der Waals surface area contributed by atoms with E-state index < -0.39 is 0 Å². The van der Waals surface area contributed by atoms with Gasteiger partial charge < -0.3 is 24.8 Å². The van der Waals surface area contributed by atoms with Gasteiger partial charge in [-0.15, -0.1) is 0 Å². The first kappa shape index (κ1) is 18.0. The Morgan fingerprint density at radius 1 is 1.12 bits per heavy atom. The Balaban J connectivity index is 1.71. The van der Waals surface area contributed by atoms with E-state index in [4.69, 9.17) is 9.47 Å². The van der Waals surface area contributed by atoms with Crippen LogP contribution in [0.2, 0.25) is 0 Å². The Hall–Kier alpha value is -1.79. The normalized spacial score (nSPS) is 26.8. The van der Waals surface area contributed by atoms with E-state index in [0.29, 0.717) is 18.0 Å². The maximum absolute atomic E-state index is 12.9. The van der Waals surface area contributed by atoms with Gasteiger partial charge in [0, 0.05) is 37.4 Å². The second kappa shape index (κ2) is 8.06. The molecule has 1 saturated carbocycles. The summed E-state index contributed by atoms with van der Waals surface area (Å²) in [4.78, 5) is 14.7. The molecule has 1 aromatic carbocycles. The van der Waals surface area contributed by atoms with Crippen LogP contribution in [-0.4, -0.2) is 50.5 Å². The zero-order valence-corrected chi connectivity index (χ0v) is 15.0. The number of aliphatic hydroxyl groups excluding tert-OH is 1. The van der Waals surface area contributed by atoms with Gasteiger partial charge >= 0.3 is 0 Å². The van der Waals surface area contributed by atoms with Crippen LogP contribution in [0.5, 0.6) is 11.5 Å². The van der Waals surface area contributed by atoms with Gasteiger partial charge in [0.2, 0.25) is 5.91 Å². The molecule has 2 fully saturated rings. The number of anilines is 1. The maximum Gasteiger partial charge on any atom is 0.244 e. The molecule has 2 N–H and O–H groups in total. The minimum Gasteiger partial charge on any atom is -0.497 e. The first-order valence-electron chi connectivity index (χ1n) is 9.07. The summed E-state index contributed by atoms with van der Waals surface area (Å²) < 4.78 is 10.6. The number of benzene rings is 1. The maximum atomic E-state index is 12.9. The lowest BCUT2D eigenvalue weighted by atomic mass is 9.84. The molecule has 1 heterocycles. The summed E-state index contributed by atoms with van der Waals surface area (Å²) in [5, 5.41) is 13.1. The van der Waals surface area contributed by atoms with Gasteiger partial charge in [0.1, 0.15) is 11.5 Å². The molecule has 0 unspecified atom stereocenters. The van der Waals surface area contributed by atoms with Crippen LogP contribution in [0.25, 0.3) is 0 Å². The van der Waals surface area contributed by atoms with E-state index in [2.05, 4.69) is 5.32 Å². The van der Waals surface area contributed by atoms with Crippen LogP contribution in [0.1, 0.15) is 32.1 Å². The number of hydrogen-bond donors (Lipinski definition) is 2. The topological polar surface area (TPSA) is 71.0 Å². The summed E-state index contributed by atoms with van der Waals surface area (Å²) in [5.41, 5.74) is 0.799. The minimum atomic E-state index is -0.186. The second-order valence-corrected chi connectivity index (χ2v) is 6.90. The van der Waals surface area contributed by atoms with Gasteiger partial charge in [-0.05, 0) is 25.2 Å². The molecule has 6 nitrogen and oxygen atoms in total. The zero-order chi connectivity index (χ0) is 17.8. The van der Waals surface area contributed by atoms with Crippen molar-refractivity contribution in [3.63, 3.8) is 0 Å². The summed E-state index contributed by atoms with van der Waals surface area (Å²) in [5.74, 6) is 1.68. The molecule has 2 aliphatic rings. The predicted molar refractivity (Wildman–Crippen MR) is 96.3 cm³/mol. The Morgan fingerprint density at radius 3 is 2.44 bits per heavy atom. The van der Waals surface area contributed by atoms with Crippen LogP contribution in [0.15, 0.2) is 18.2 Å². The number of aliphatic hydroxyl groups is 1. The van der Waals surface area contributed by atoms with E-state index in [1.165, 1.54) is 0 Å². The molecular weight excluding hydrogens is 320 g/mol. The number of carbonyl (C=O) groups excluding carboxylic acids is 1. The quantitative estimate of drug-likeness (QED) is 0.822. The van der Waals surface area contributed by atoms with E-state index in [1.807, 2.05) is 12.1 Å². The highest BCUT2D eigenvalue weighted by Gasteiger charge is 2.36. The first-order valence-corrected chi connectivity index (χ1v) is 9.07. The molecule has 0 bridgehead atoms. The Bertz CT molecular complexity index is 585. The van der Waals surface area contributed by atoms with Crippen LogP contribution < -0.4 is 19.7 Å². The third-order valence-corrected chi connectivity index (χ3v) is 5.41. The lowest BCUT2D eigenvalue weighted by Crippen LogP contribution is -2.48. The Morgan fingerprint density at radius 2 is 1.80 bits per heavy atom. The molecule has 138 valence electrons. The highest BCUT2D eigenvalue weighted by Crippen LogP contribution is 2.32. The average molecular weight is 348 g/mol. The molecule has 0 aromatic heterocycles. The summed E-state index contributed by atoms with van der Waals surface area (Å²) in [7, 11) is 3.21. The van der Waals surface area contributed by atoms with Gasteiger partial charge in [0.05, 0.1) is 25.9 Å². The molecule has 25 heavy (non-hydrogen) atoms. The summed E-state index contributed by atoms with van der Waals surface area (Å²) in [6.07, 6.45) is 5.16. The highest BCUT2D eigenvalue weighted by molar-refractivity contribution is 5.99. The summed E-state index contributed by atoms with van der Waals surface area (Å²) >= 11 is 0. The molecule has 0 spiro atoms. The fourth-order valence-corrected chi connectivity index (χ4v) is 3.94. The summed E-state index contributed by atoms with van der Waals surface area (Å²) in [6, 6.07) is 5.56. The van der Waals surface area contributed by atoms with Crippen LogP contribution in [0.3, 0.4) is 0 Å². The molecule has 6 heteroatoms. The number of methoxy groups -OCH3 is 2. The fraction of sp³-hybridized carbons (Fsp3) is 0.632. The van der Waals surface area contributed by atoms with Crippen molar-refractivity contribution < 1.29 is 19.4 Å². The van der Waals surface area contributed by atoms with E-state index in [9.17, 15) is 9.90 Å². The second-order valence-electron chi connectivity index (χ2n) is 6.90. The molecule has 1 aliphatic heterocycles. The monoisotopic (exact) mass is 348 g/mol. The Labute approximate surface area is 149 Å². The first-order chi connectivity index (χ1) is 12.2. The van der Waals surface area contributed by atoms with Crippen molar-refractivity contribution in [1.29, 1.82) is 0 Å². The lowest BCUT2D eigenvalue weighted by molar-refractivity contribution is -0.119. The highest BCUT2D eigenvalue weighted by atomic mass is 16.5. The summed E-state index contributed by atoms with van der Waals surface area (Å²) in [6.45, 7) is 0.860. The van der Waals surface area contributed by atoms with Crippen LogP contribution in [-0.2, 0) is 4.79 Å². The van der Waals surface area contributed by atoms with Gasteiger partial charge in [-0.3, -0.25) is 4.79 Å². The average Bonchev–Trinajstić information content (AvgIpc) is 3.02. The number of ether oxygens (including phenoxy) is 2. The fourth-order valence-electron chi connectivity index (χ4n) is 3.94. The van der Waals surface area contributed by atoms with Crippen molar-refractivity contribution in [1.82, 2.24) is 5.32 Å². The largest absolute Gasteiger partial charge is 0.497 e. The van der Waals surface area contributed by atoms with Crippen LogP contribution in [0.4, 0.5) is 5.69 Å². The van der Waals surface area contributed by atoms with Gasteiger partial charge in [0.15, 0.2) is 0 Å². The molecule has 3 rings (SSSR count). The molecule has 1 aromatic rings. The smallest absolute Gasteiger partial charge is 0.244 e. The lowest BCUT2D eigenvalue weighted by Gasteiger charge is -2.32. The molecule has 0 radical (unpaired) electrons. The van der Waals surface area contributed by atoms with E-state index >= 15 is 0 Å². The van der Waals surface area contributed by atoms with Gasteiger partial charge in [-0.2, -0.15) is 0 Å². The SMILES string of the molecule is COc1cc(OC)cc(N2CC[C@H](N[C@@H]3CCCC[C@H]3CO)C2=O)c1. The number of nitrogens with zero attached hydrogens (tertiary/aromatic N) is 1. The van der Waals surface area contributed by atoms with Gasteiger partial charge in [-0.1, -0.05) is 12.8 Å². The molecule has 1 aliphatic carbocycles. The molecule has 1 amide bonds. The van der Waals surface area contributed by atoms with Crippen LogP contribution in [0, 0.1) is 5.92 Å².